The number of carbonyl (C=O) groups excluding carboxylic acids is 1. The van der Waals surface area contributed by atoms with Crippen molar-refractivity contribution in [1.82, 2.24) is 14.5 Å². The number of aromatic nitrogens is 3. The van der Waals surface area contributed by atoms with Crippen LogP contribution >= 0.6 is 23.2 Å². The lowest BCUT2D eigenvalue weighted by atomic mass is 10.3. The molecule has 0 aromatic carbocycles. The Bertz CT molecular complexity index is 634. The molecule has 0 atom stereocenters. The molecule has 1 amide bonds. The first-order chi connectivity index (χ1) is 8.99. The molecular formula is C12H10Cl2N4O. The second-order valence-electron chi connectivity index (χ2n) is 3.84. The van der Waals surface area contributed by atoms with Gasteiger partial charge in [0.25, 0.3) is 5.91 Å². The van der Waals surface area contributed by atoms with E-state index in [2.05, 4.69) is 21.9 Å². The van der Waals surface area contributed by atoms with Gasteiger partial charge in [-0.05, 0) is 19.1 Å². The van der Waals surface area contributed by atoms with Gasteiger partial charge >= 0.3 is 0 Å². The zero-order chi connectivity index (χ0) is 14.0. The Morgan fingerprint density at radius 1 is 1.37 bits per heavy atom. The van der Waals surface area contributed by atoms with Gasteiger partial charge in [0.2, 0.25) is 0 Å². The van der Waals surface area contributed by atoms with Crippen molar-refractivity contribution in [2.24, 2.45) is 0 Å². The molecule has 5 nitrogen and oxygen atoms in total. The lowest BCUT2D eigenvalue weighted by Crippen LogP contribution is -2.12. The summed E-state index contributed by atoms with van der Waals surface area (Å²) in [7, 11) is 0. The van der Waals surface area contributed by atoms with Gasteiger partial charge in [-0.1, -0.05) is 29.8 Å². The predicted molar refractivity (Wildman–Crippen MR) is 74.8 cm³/mol. The van der Waals surface area contributed by atoms with Crippen LogP contribution in [0.4, 0.5) is 5.69 Å². The minimum absolute atomic E-state index is 0.211. The normalized spacial score (nSPS) is 10.3. The molecule has 0 spiro atoms. The Balaban J connectivity index is 2.21. The highest BCUT2D eigenvalue weighted by Crippen LogP contribution is 2.23. The van der Waals surface area contributed by atoms with Crippen LogP contribution in [0.5, 0.6) is 0 Å². The van der Waals surface area contributed by atoms with Crippen molar-refractivity contribution in [2.45, 2.75) is 6.92 Å². The molecule has 98 valence electrons. The van der Waals surface area contributed by atoms with E-state index in [-0.39, 0.29) is 16.2 Å². The van der Waals surface area contributed by atoms with Crippen LogP contribution in [0, 0.1) is 0 Å². The summed E-state index contributed by atoms with van der Waals surface area (Å²) in [6.45, 7) is 5.18. The van der Waals surface area contributed by atoms with Crippen molar-refractivity contribution in [3.63, 3.8) is 0 Å². The number of anilines is 1. The number of carbonyl (C=O) groups is 1. The maximum absolute atomic E-state index is 11.4. The number of hydrogen-bond donors (Lipinski definition) is 1. The second kappa shape index (κ2) is 5.42. The van der Waals surface area contributed by atoms with Crippen molar-refractivity contribution in [3.8, 4) is 5.82 Å². The smallest absolute Gasteiger partial charge is 0.250 e. The number of nitrogens with zero attached hydrogens (tertiary/aromatic N) is 3. The summed E-state index contributed by atoms with van der Waals surface area (Å²) in [5.41, 5.74) is 0.993. The molecule has 2 aromatic heterocycles. The number of rotatable bonds is 3. The van der Waals surface area contributed by atoms with Crippen LogP contribution in [0.15, 0.2) is 36.8 Å². The molecule has 0 unspecified atom stereocenters. The van der Waals surface area contributed by atoms with Crippen LogP contribution in [0.25, 0.3) is 5.82 Å². The first-order valence-electron chi connectivity index (χ1n) is 5.30. The summed E-state index contributed by atoms with van der Waals surface area (Å²) in [4.78, 5) is 19.5. The third kappa shape index (κ3) is 2.94. The average molecular weight is 297 g/mol. The monoisotopic (exact) mass is 296 g/mol. The summed E-state index contributed by atoms with van der Waals surface area (Å²) in [5.74, 6) is 0.302. The summed E-state index contributed by atoms with van der Waals surface area (Å²) < 4.78 is 1.54. The van der Waals surface area contributed by atoms with E-state index in [4.69, 9.17) is 23.2 Å². The molecule has 0 aliphatic rings. The number of amides is 1. The minimum atomic E-state index is -0.252. The van der Waals surface area contributed by atoms with E-state index in [1.165, 1.54) is 17.1 Å². The first-order valence-corrected chi connectivity index (χ1v) is 6.06. The molecule has 0 aliphatic carbocycles. The number of hydrogen-bond acceptors (Lipinski definition) is 3. The van der Waals surface area contributed by atoms with Crippen molar-refractivity contribution in [2.75, 3.05) is 5.32 Å². The van der Waals surface area contributed by atoms with Gasteiger partial charge in [0.15, 0.2) is 10.3 Å². The third-order valence-corrected chi connectivity index (χ3v) is 3.04. The fraction of sp³-hybridized carbons (Fsp3) is 0.0833. The summed E-state index contributed by atoms with van der Waals surface area (Å²) >= 11 is 11.7. The van der Waals surface area contributed by atoms with E-state index in [1.807, 2.05) is 0 Å². The van der Waals surface area contributed by atoms with E-state index >= 15 is 0 Å². The molecule has 0 bridgehead atoms. The van der Waals surface area contributed by atoms with Crippen LogP contribution in [0.3, 0.4) is 0 Å². The van der Waals surface area contributed by atoms with Crippen LogP contribution in [0.1, 0.15) is 6.92 Å². The largest absolute Gasteiger partial charge is 0.321 e. The highest BCUT2D eigenvalue weighted by atomic mass is 35.5. The second-order valence-corrected chi connectivity index (χ2v) is 4.55. The van der Waals surface area contributed by atoms with Crippen molar-refractivity contribution >= 4 is 34.8 Å². The average Bonchev–Trinajstić information content (AvgIpc) is 2.71. The summed E-state index contributed by atoms with van der Waals surface area (Å²) in [5, 5.41) is 3.15. The highest BCUT2D eigenvalue weighted by molar-refractivity contribution is 6.40. The molecule has 2 rings (SSSR count). The van der Waals surface area contributed by atoms with Gasteiger partial charge in [-0.15, -0.1) is 0 Å². The zero-order valence-electron chi connectivity index (χ0n) is 10.0. The van der Waals surface area contributed by atoms with Crippen LogP contribution < -0.4 is 5.32 Å². The molecule has 2 heterocycles. The molecule has 1 N–H and O–H groups in total. The topological polar surface area (TPSA) is 59.8 Å². The van der Waals surface area contributed by atoms with E-state index in [0.717, 1.165) is 0 Å². The molecular weight excluding hydrogens is 287 g/mol. The van der Waals surface area contributed by atoms with Gasteiger partial charge in [0, 0.05) is 5.57 Å². The van der Waals surface area contributed by atoms with Gasteiger partial charge in [0.05, 0.1) is 11.9 Å². The standard InChI is InChI=1S/C12H10Cl2N4O/c1-7(2)12(19)17-8-3-4-9(15-5-8)18-6-16-10(13)11(18)14/h3-6H,1H2,2H3,(H,17,19). The van der Waals surface area contributed by atoms with Crippen LogP contribution in [0.2, 0.25) is 10.3 Å². The van der Waals surface area contributed by atoms with E-state index in [9.17, 15) is 4.79 Å². The van der Waals surface area contributed by atoms with Gasteiger partial charge < -0.3 is 5.32 Å². The number of imidazole rings is 1. The van der Waals surface area contributed by atoms with Crippen LogP contribution in [-0.2, 0) is 4.79 Å². The van der Waals surface area contributed by atoms with Gasteiger partial charge in [0.1, 0.15) is 12.1 Å². The molecule has 0 radical (unpaired) electrons. The lowest BCUT2D eigenvalue weighted by Gasteiger charge is -2.06. The first kappa shape index (κ1) is 13.6. The molecule has 2 aromatic rings. The molecule has 19 heavy (non-hydrogen) atoms. The van der Waals surface area contributed by atoms with Gasteiger partial charge in [-0.3, -0.25) is 9.36 Å². The number of pyridine rings is 1. The Hall–Kier alpha value is -1.85. The van der Waals surface area contributed by atoms with Gasteiger partial charge in [-0.25, -0.2) is 9.97 Å². The molecule has 0 saturated heterocycles. The highest BCUT2D eigenvalue weighted by Gasteiger charge is 2.09. The third-order valence-electron chi connectivity index (χ3n) is 2.31. The molecule has 7 heteroatoms. The van der Waals surface area contributed by atoms with Crippen LogP contribution in [-0.4, -0.2) is 20.4 Å². The maximum Gasteiger partial charge on any atom is 0.250 e. The Kier molecular flexibility index (Phi) is 3.87. The molecule has 0 saturated carbocycles. The minimum Gasteiger partial charge on any atom is -0.321 e. The van der Waals surface area contributed by atoms with Crippen molar-refractivity contribution < 1.29 is 4.79 Å². The van der Waals surface area contributed by atoms with E-state index in [1.54, 1.807) is 19.1 Å². The fourth-order valence-electron chi connectivity index (χ4n) is 1.31. The maximum atomic E-state index is 11.4. The predicted octanol–water partition coefficient (Wildman–Crippen LogP) is 3.09. The Morgan fingerprint density at radius 3 is 2.58 bits per heavy atom. The van der Waals surface area contributed by atoms with E-state index < -0.39 is 0 Å². The zero-order valence-corrected chi connectivity index (χ0v) is 11.5. The van der Waals surface area contributed by atoms with Crippen molar-refractivity contribution in [1.29, 1.82) is 0 Å². The fourth-order valence-corrected chi connectivity index (χ4v) is 1.63. The quantitative estimate of drug-likeness (QED) is 0.886. The SMILES string of the molecule is C=C(C)C(=O)Nc1ccc(-n2cnc(Cl)c2Cl)nc1. The summed E-state index contributed by atoms with van der Waals surface area (Å²) in [6, 6.07) is 3.39. The van der Waals surface area contributed by atoms with Crippen molar-refractivity contribution in [3.05, 3.63) is 47.1 Å². The molecule has 0 fully saturated rings. The lowest BCUT2D eigenvalue weighted by molar-refractivity contribution is -0.112. The Labute approximate surface area is 119 Å². The van der Waals surface area contributed by atoms with E-state index in [0.29, 0.717) is 17.1 Å². The van der Waals surface area contributed by atoms with Gasteiger partial charge in [-0.2, -0.15) is 0 Å². The number of halogens is 2. The Morgan fingerprint density at radius 2 is 2.11 bits per heavy atom. The number of nitrogens with one attached hydrogen (secondary N) is 1. The summed E-state index contributed by atoms with van der Waals surface area (Å²) in [6.07, 6.45) is 2.99. The molecule has 0 aliphatic heterocycles.